The van der Waals surface area contributed by atoms with Gasteiger partial charge in [0.25, 0.3) is 11.5 Å². The van der Waals surface area contributed by atoms with Crippen molar-refractivity contribution in [1.82, 2.24) is 14.3 Å². The molecule has 1 saturated heterocycles. The summed E-state index contributed by atoms with van der Waals surface area (Å²) in [5.74, 6) is 1.41. The Kier molecular flexibility index (Phi) is 7.76. The summed E-state index contributed by atoms with van der Waals surface area (Å²) < 4.78 is 12.6. The Labute approximate surface area is 218 Å². The molecule has 186 valence electrons. The van der Waals surface area contributed by atoms with Gasteiger partial charge >= 0.3 is 0 Å². The fraction of sp³-hybridized carbons (Fsp3) is 0.231. The number of carbonyl (C=O) groups is 1. The lowest BCUT2D eigenvalue weighted by molar-refractivity contribution is -0.122. The summed E-state index contributed by atoms with van der Waals surface area (Å²) in [5.41, 5.74) is 2.43. The van der Waals surface area contributed by atoms with E-state index in [1.54, 1.807) is 43.5 Å². The molecular formula is C26H26N4O4S2. The van der Waals surface area contributed by atoms with Crippen LogP contribution in [0.3, 0.4) is 0 Å². The van der Waals surface area contributed by atoms with Gasteiger partial charge < -0.3 is 14.8 Å². The number of benzene rings is 1. The first-order valence-corrected chi connectivity index (χ1v) is 12.4. The van der Waals surface area contributed by atoms with Crippen LogP contribution in [0.4, 0.5) is 5.82 Å². The van der Waals surface area contributed by atoms with Gasteiger partial charge in [0.15, 0.2) is 11.5 Å². The fourth-order valence-corrected chi connectivity index (χ4v) is 5.08. The molecule has 2 aromatic heterocycles. The summed E-state index contributed by atoms with van der Waals surface area (Å²) >= 11 is 6.67. The van der Waals surface area contributed by atoms with Crippen molar-refractivity contribution in [2.75, 3.05) is 32.6 Å². The van der Waals surface area contributed by atoms with E-state index in [1.807, 2.05) is 31.2 Å². The largest absolute Gasteiger partial charge is 0.493 e. The number of hydrogen-bond acceptors (Lipinski definition) is 8. The Balaban J connectivity index is 1.63. The number of ether oxygens (including phenoxy) is 2. The summed E-state index contributed by atoms with van der Waals surface area (Å²) in [4.78, 5) is 33.2. The van der Waals surface area contributed by atoms with E-state index in [4.69, 9.17) is 21.7 Å². The molecule has 0 saturated carbocycles. The Hall–Kier alpha value is -3.63. The zero-order chi connectivity index (χ0) is 25.8. The molecule has 8 nitrogen and oxygen atoms in total. The highest BCUT2D eigenvalue weighted by molar-refractivity contribution is 8.26. The first-order chi connectivity index (χ1) is 17.4. The maximum Gasteiger partial charge on any atom is 0.267 e. The number of amides is 1. The van der Waals surface area contributed by atoms with Gasteiger partial charge in [-0.05, 0) is 48.7 Å². The fourth-order valence-electron chi connectivity index (χ4n) is 3.79. The van der Waals surface area contributed by atoms with Crippen LogP contribution in [0.2, 0.25) is 0 Å². The van der Waals surface area contributed by atoms with Crippen LogP contribution in [-0.4, -0.2) is 51.8 Å². The van der Waals surface area contributed by atoms with Crippen LogP contribution in [0.1, 0.15) is 16.7 Å². The predicted molar refractivity (Wildman–Crippen MR) is 148 cm³/mol. The molecule has 0 atom stereocenters. The molecule has 0 spiro atoms. The van der Waals surface area contributed by atoms with E-state index in [0.29, 0.717) is 57.3 Å². The second kappa shape index (κ2) is 11.0. The topological polar surface area (TPSA) is 85.2 Å². The van der Waals surface area contributed by atoms with Gasteiger partial charge in [-0.1, -0.05) is 42.2 Å². The molecule has 1 aliphatic rings. The summed E-state index contributed by atoms with van der Waals surface area (Å²) in [6.07, 6.45) is 5.56. The van der Waals surface area contributed by atoms with Crippen LogP contribution in [0.15, 0.2) is 58.9 Å². The highest BCUT2D eigenvalue weighted by atomic mass is 32.2. The molecule has 10 heteroatoms. The molecule has 0 unspecified atom stereocenters. The molecule has 1 fully saturated rings. The number of nitrogens with one attached hydrogen (secondary N) is 1. The Morgan fingerprint density at radius 3 is 2.67 bits per heavy atom. The number of rotatable bonds is 9. The van der Waals surface area contributed by atoms with E-state index in [-0.39, 0.29) is 11.5 Å². The van der Waals surface area contributed by atoms with Gasteiger partial charge in [-0.25, -0.2) is 4.98 Å². The number of anilines is 1. The van der Waals surface area contributed by atoms with Crippen LogP contribution in [0.25, 0.3) is 11.7 Å². The number of aryl methyl sites for hydroxylation is 1. The van der Waals surface area contributed by atoms with Crippen LogP contribution >= 0.6 is 24.0 Å². The minimum atomic E-state index is -0.272. The lowest BCUT2D eigenvalue weighted by Crippen LogP contribution is -2.30. The predicted octanol–water partition coefficient (Wildman–Crippen LogP) is 4.06. The van der Waals surface area contributed by atoms with Gasteiger partial charge in [-0.15, -0.1) is 6.58 Å². The lowest BCUT2D eigenvalue weighted by atomic mass is 10.1. The Morgan fingerprint density at radius 1 is 1.17 bits per heavy atom. The number of aromatic nitrogens is 2. The van der Waals surface area contributed by atoms with Crippen molar-refractivity contribution in [3.63, 3.8) is 0 Å². The molecule has 1 aromatic carbocycles. The second-order valence-corrected chi connectivity index (χ2v) is 9.73. The van der Waals surface area contributed by atoms with Crippen molar-refractivity contribution in [1.29, 1.82) is 0 Å². The highest BCUT2D eigenvalue weighted by Gasteiger charge is 2.32. The molecule has 1 N–H and O–H groups in total. The molecular weight excluding hydrogens is 496 g/mol. The third-order valence-corrected chi connectivity index (χ3v) is 7.02. The number of methoxy groups -OCH3 is 2. The van der Waals surface area contributed by atoms with Gasteiger partial charge in [0.1, 0.15) is 15.8 Å². The van der Waals surface area contributed by atoms with Gasteiger partial charge in [-0.3, -0.25) is 18.9 Å². The van der Waals surface area contributed by atoms with Crippen molar-refractivity contribution in [3.05, 3.63) is 81.1 Å². The lowest BCUT2D eigenvalue weighted by Gasteiger charge is -2.15. The smallest absolute Gasteiger partial charge is 0.267 e. The summed E-state index contributed by atoms with van der Waals surface area (Å²) in [6.45, 7) is 6.43. The first-order valence-electron chi connectivity index (χ1n) is 11.2. The molecule has 3 heterocycles. The van der Waals surface area contributed by atoms with Gasteiger partial charge in [-0.2, -0.15) is 0 Å². The maximum atomic E-state index is 13.4. The summed E-state index contributed by atoms with van der Waals surface area (Å²) in [5, 5.41) is 3.11. The van der Waals surface area contributed by atoms with Crippen LogP contribution in [0, 0.1) is 6.92 Å². The van der Waals surface area contributed by atoms with E-state index < -0.39 is 0 Å². The molecule has 0 aliphatic carbocycles. The van der Waals surface area contributed by atoms with Gasteiger partial charge in [0.2, 0.25) is 0 Å². The SMILES string of the molecule is C=CCNc1nc2ccc(C)cn2c(=O)c1/C=C1/SC(=S)N(CCc2ccc(OC)c(OC)c2)C1=O. The zero-order valence-electron chi connectivity index (χ0n) is 20.2. The van der Waals surface area contributed by atoms with Crippen LogP contribution in [-0.2, 0) is 11.2 Å². The van der Waals surface area contributed by atoms with Crippen molar-refractivity contribution < 1.29 is 14.3 Å². The third-order valence-electron chi connectivity index (χ3n) is 5.64. The van der Waals surface area contributed by atoms with Gasteiger partial charge in [0.05, 0.1) is 24.7 Å². The summed E-state index contributed by atoms with van der Waals surface area (Å²) in [7, 11) is 3.17. The van der Waals surface area contributed by atoms with E-state index in [0.717, 1.165) is 11.1 Å². The first kappa shape index (κ1) is 25.5. The van der Waals surface area contributed by atoms with E-state index >= 15 is 0 Å². The zero-order valence-corrected chi connectivity index (χ0v) is 21.9. The number of thioether (sulfide) groups is 1. The minimum Gasteiger partial charge on any atom is -0.493 e. The van der Waals surface area contributed by atoms with E-state index in [1.165, 1.54) is 16.2 Å². The molecule has 3 aromatic rings. The molecule has 0 bridgehead atoms. The number of fused-ring (bicyclic) bond motifs is 1. The average Bonchev–Trinajstić information content (AvgIpc) is 3.15. The van der Waals surface area contributed by atoms with Crippen LogP contribution in [0.5, 0.6) is 11.5 Å². The third kappa shape index (κ3) is 5.14. The van der Waals surface area contributed by atoms with E-state index in [2.05, 4.69) is 16.9 Å². The number of pyridine rings is 1. The number of carbonyl (C=O) groups excluding carboxylic acids is 1. The minimum absolute atomic E-state index is 0.242. The average molecular weight is 523 g/mol. The van der Waals surface area contributed by atoms with Gasteiger partial charge in [0, 0.05) is 19.3 Å². The number of thiocarbonyl (C=S) groups is 1. The van der Waals surface area contributed by atoms with Crippen molar-refractivity contribution in [2.24, 2.45) is 0 Å². The van der Waals surface area contributed by atoms with Crippen molar-refractivity contribution in [2.45, 2.75) is 13.3 Å². The molecule has 1 aliphatic heterocycles. The van der Waals surface area contributed by atoms with E-state index in [9.17, 15) is 9.59 Å². The molecule has 4 rings (SSSR count). The molecule has 36 heavy (non-hydrogen) atoms. The monoisotopic (exact) mass is 522 g/mol. The van der Waals surface area contributed by atoms with Crippen LogP contribution < -0.4 is 20.3 Å². The molecule has 1 amide bonds. The standard InChI is InChI=1S/C26H26N4O4S2/c1-5-11-27-23-18(24(31)30-15-16(2)6-9-22(30)28-23)14-21-25(32)29(26(35)36-21)12-10-17-7-8-19(33-3)20(13-17)34-4/h5-9,13-15,27H,1,10-12H2,2-4H3/b21-14+. The van der Waals surface area contributed by atoms with Crippen molar-refractivity contribution in [3.8, 4) is 11.5 Å². The second-order valence-electron chi connectivity index (χ2n) is 8.06. The molecule has 0 radical (unpaired) electrons. The number of nitrogens with zero attached hydrogens (tertiary/aromatic N) is 3. The number of hydrogen-bond donors (Lipinski definition) is 1. The summed E-state index contributed by atoms with van der Waals surface area (Å²) in [6, 6.07) is 9.32. The van der Waals surface area contributed by atoms with Crippen molar-refractivity contribution >= 4 is 51.7 Å². The highest BCUT2D eigenvalue weighted by Crippen LogP contribution is 2.34. The quantitative estimate of drug-likeness (QED) is 0.256. The maximum absolute atomic E-state index is 13.4. The Morgan fingerprint density at radius 2 is 1.94 bits per heavy atom. The Bertz CT molecular complexity index is 1450. The normalized spacial score (nSPS) is 14.5.